The van der Waals surface area contributed by atoms with E-state index >= 15 is 0 Å². The van der Waals surface area contributed by atoms with Gasteiger partial charge >= 0.3 is 12.2 Å². The van der Waals surface area contributed by atoms with Crippen molar-refractivity contribution in [3.8, 4) is 0 Å². The van der Waals surface area contributed by atoms with Gasteiger partial charge in [-0.25, -0.2) is 9.59 Å². The molecule has 0 spiro atoms. The molecule has 25 heavy (non-hydrogen) atoms. The van der Waals surface area contributed by atoms with Crippen molar-refractivity contribution < 1.29 is 19.1 Å². The number of benzene rings is 1. The fourth-order valence-corrected chi connectivity index (χ4v) is 2.12. The predicted molar refractivity (Wildman–Crippen MR) is 97.4 cm³/mol. The molecule has 2 N–H and O–H groups in total. The Morgan fingerprint density at radius 3 is 2.28 bits per heavy atom. The van der Waals surface area contributed by atoms with Gasteiger partial charge in [0.05, 0.1) is 0 Å². The van der Waals surface area contributed by atoms with Gasteiger partial charge in [-0.2, -0.15) is 0 Å². The summed E-state index contributed by atoms with van der Waals surface area (Å²) >= 11 is 0. The third kappa shape index (κ3) is 10.1. The highest BCUT2D eigenvalue weighted by atomic mass is 16.6. The monoisotopic (exact) mass is 348 g/mol. The summed E-state index contributed by atoms with van der Waals surface area (Å²) in [6.07, 6.45) is 1.23. The molecular formula is C19H28N2O4. The molecule has 6 heteroatoms. The summed E-state index contributed by atoms with van der Waals surface area (Å²) in [4.78, 5) is 23.4. The molecule has 0 fully saturated rings. The highest BCUT2D eigenvalue weighted by Crippen LogP contribution is 2.09. The Hall–Kier alpha value is -2.50. The van der Waals surface area contributed by atoms with E-state index in [2.05, 4.69) is 17.2 Å². The van der Waals surface area contributed by atoms with Crippen LogP contribution in [0.5, 0.6) is 0 Å². The minimum Gasteiger partial charge on any atom is -0.445 e. The minimum atomic E-state index is -0.550. The molecule has 0 radical (unpaired) electrons. The maximum absolute atomic E-state index is 11.8. The lowest BCUT2D eigenvalue weighted by molar-refractivity contribution is 0.0519. The molecule has 2 amide bonds. The first-order valence-corrected chi connectivity index (χ1v) is 8.32. The van der Waals surface area contributed by atoms with Crippen LogP contribution in [-0.4, -0.2) is 37.5 Å². The smallest absolute Gasteiger partial charge is 0.407 e. The van der Waals surface area contributed by atoms with Gasteiger partial charge in [0.1, 0.15) is 12.2 Å². The van der Waals surface area contributed by atoms with Crippen molar-refractivity contribution in [2.75, 3.05) is 19.7 Å². The lowest BCUT2D eigenvalue weighted by Crippen LogP contribution is -2.40. The van der Waals surface area contributed by atoms with Gasteiger partial charge in [0, 0.05) is 13.1 Å². The van der Waals surface area contributed by atoms with E-state index in [1.807, 2.05) is 51.1 Å². The fraction of sp³-hybridized carbons (Fsp3) is 0.474. The molecule has 0 bridgehead atoms. The van der Waals surface area contributed by atoms with E-state index in [-0.39, 0.29) is 12.5 Å². The third-order valence-electron chi connectivity index (χ3n) is 3.17. The Bertz CT molecular complexity index is 552. The lowest BCUT2D eigenvalue weighted by atomic mass is 9.99. The number of carbonyl (C=O) groups is 2. The largest absolute Gasteiger partial charge is 0.445 e. The van der Waals surface area contributed by atoms with E-state index < -0.39 is 17.8 Å². The van der Waals surface area contributed by atoms with Gasteiger partial charge in [0.15, 0.2) is 0 Å². The average Bonchev–Trinajstić information content (AvgIpc) is 2.54. The fourth-order valence-electron chi connectivity index (χ4n) is 2.12. The van der Waals surface area contributed by atoms with Crippen molar-refractivity contribution in [2.24, 2.45) is 5.92 Å². The average molecular weight is 348 g/mol. The number of hydrogen-bond acceptors (Lipinski definition) is 4. The summed E-state index contributed by atoms with van der Waals surface area (Å²) in [5.41, 5.74) is 0.575. The molecule has 1 rings (SSSR count). The molecule has 0 aromatic heterocycles. The van der Waals surface area contributed by atoms with Gasteiger partial charge in [-0.1, -0.05) is 43.0 Å². The van der Waals surface area contributed by atoms with E-state index in [1.54, 1.807) is 0 Å². The quantitative estimate of drug-likeness (QED) is 0.707. The van der Waals surface area contributed by atoms with Gasteiger partial charge in [-0.05, 0) is 38.7 Å². The van der Waals surface area contributed by atoms with Gasteiger partial charge < -0.3 is 20.1 Å². The summed E-state index contributed by atoms with van der Waals surface area (Å²) in [5, 5.41) is 5.47. The number of nitrogens with one attached hydrogen (secondary N) is 2. The van der Waals surface area contributed by atoms with Crippen LogP contribution >= 0.6 is 0 Å². The number of ether oxygens (including phenoxy) is 2. The standard InChI is InChI=1S/C19H28N2O4/c1-5-11-24-17(22)20-13-16(12-15-9-7-6-8-10-15)14-21-18(23)25-19(2,3)4/h5-10,16H,1,11-14H2,2-4H3,(H,20,22)(H,21,23)/t16-/m0/s1. The van der Waals surface area contributed by atoms with Crippen LogP contribution < -0.4 is 10.6 Å². The van der Waals surface area contributed by atoms with Crippen molar-refractivity contribution in [3.05, 3.63) is 48.6 Å². The maximum atomic E-state index is 11.8. The van der Waals surface area contributed by atoms with Crippen molar-refractivity contribution in [3.63, 3.8) is 0 Å². The first-order chi connectivity index (χ1) is 11.8. The van der Waals surface area contributed by atoms with E-state index in [0.29, 0.717) is 19.5 Å². The Morgan fingerprint density at radius 1 is 1.12 bits per heavy atom. The SMILES string of the molecule is C=CCOC(=O)NC[C@@H](CNC(=O)OC(C)(C)C)Cc1ccccc1. The minimum absolute atomic E-state index is 0.00574. The van der Waals surface area contributed by atoms with E-state index in [4.69, 9.17) is 9.47 Å². The van der Waals surface area contributed by atoms with Crippen LogP contribution in [0.4, 0.5) is 9.59 Å². The van der Waals surface area contributed by atoms with Crippen LogP contribution in [0.25, 0.3) is 0 Å². The zero-order valence-corrected chi connectivity index (χ0v) is 15.2. The molecule has 138 valence electrons. The Morgan fingerprint density at radius 2 is 1.72 bits per heavy atom. The van der Waals surface area contributed by atoms with Crippen LogP contribution in [0, 0.1) is 5.92 Å². The highest BCUT2D eigenvalue weighted by Gasteiger charge is 2.18. The molecule has 1 atom stereocenters. The van der Waals surface area contributed by atoms with Crippen molar-refractivity contribution >= 4 is 12.2 Å². The van der Waals surface area contributed by atoms with Gasteiger partial charge in [-0.3, -0.25) is 0 Å². The number of alkyl carbamates (subject to hydrolysis) is 2. The molecule has 1 aromatic carbocycles. The van der Waals surface area contributed by atoms with Gasteiger partial charge in [0.2, 0.25) is 0 Å². The van der Waals surface area contributed by atoms with Crippen LogP contribution in [0.15, 0.2) is 43.0 Å². The van der Waals surface area contributed by atoms with Crippen molar-refractivity contribution in [1.29, 1.82) is 0 Å². The molecule has 0 aliphatic carbocycles. The molecule has 0 heterocycles. The summed E-state index contributed by atoms with van der Waals surface area (Å²) in [5.74, 6) is 0.00574. The molecule has 0 saturated heterocycles. The van der Waals surface area contributed by atoms with E-state index in [0.717, 1.165) is 5.56 Å². The van der Waals surface area contributed by atoms with Gasteiger partial charge in [-0.15, -0.1) is 0 Å². The van der Waals surface area contributed by atoms with Crippen LogP contribution in [0.3, 0.4) is 0 Å². The number of amides is 2. The summed E-state index contributed by atoms with van der Waals surface area (Å²) < 4.78 is 10.1. The molecule has 0 saturated carbocycles. The predicted octanol–water partition coefficient (Wildman–Crippen LogP) is 3.28. The maximum Gasteiger partial charge on any atom is 0.407 e. The summed E-state index contributed by atoms with van der Waals surface area (Å²) in [6, 6.07) is 9.88. The first kappa shape index (κ1) is 20.5. The van der Waals surface area contributed by atoms with E-state index in [9.17, 15) is 9.59 Å². The van der Waals surface area contributed by atoms with Gasteiger partial charge in [0.25, 0.3) is 0 Å². The Labute approximate surface area is 149 Å². The van der Waals surface area contributed by atoms with Crippen molar-refractivity contribution in [1.82, 2.24) is 10.6 Å². The van der Waals surface area contributed by atoms with Crippen molar-refractivity contribution in [2.45, 2.75) is 32.8 Å². The number of rotatable bonds is 8. The number of carbonyl (C=O) groups excluding carboxylic acids is 2. The molecule has 0 aliphatic heterocycles. The molecule has 6 nitrogen and oxygen atoms in total. The van der Waals surface area contributed by atoms with Crippen LogP contribution in [0.2, 0.25) is 0 Å². The second-order valence-electron chi connectivity index (χ2n) is 6.71. The van der Waals surface area contributed by atoms with Crippen LogP contribution in [0.1, 0.15) is 26.3 Å². The van der Waals surface area contributed by atoms with Crippen LogP contribution in [-0.2, 0) is 15.9 Å². The Kier molecular flexibility index (Phi) is 8.53. The highest BCUT2D eigenvalue weighted by molar-refractivity contribution is 5.68. The third-order valence-corrected chi connectivity index (χ3v) is 3.17. The normalized spacial score (nSPS) is 12.0. The lowest BCUT2D eigenvalue weighted by Gasteiger charge is -2.22. The van der Waals surface area contributed by atoms with E-state index in [1.165, 1.54) is 6.08 Å². The topological polar surface area (TPSA) is 76.7 Å². The molecule has 1 aromatic rings. The molecule has 0 unspecified atom stereocenters. The Balaban J connectivity index is 2.56. The second kappa shape index (κ2) is 10.4. The summed E-state index contributed by atoms with van der Waals surface area (Å²) in [6.45, 7) is 9.84. The zero-order chi connectivity index (χ0) is 18.7. The molecule has 0 aliphatic rings. The molecular weight excluding hydrogens is 320 g/mol. The number of hydrogen-bond donors (Lipinski definition) is 2. The summed E-state index contributed by atoms with van der Waals surface area (Å²) in [7, 11) is 0. The second-order valence-corrected chi connectivity index (χ2v) is 6.71. The zero-order valence-electron chi connectivity index (χ0n) is 15.2. The first-order valence-electron chi connectivity index (χ1n) is 8.32.